The van der Waals surface area contributed by atoms with Gasteiger partial charge in [-0.05, 0) is 39.0 Å². The molecule has 92 valence electrons. The second kappa shape index (κ2) is 4.92. The van der Waals surface area contributed by atoms with Crippen molar-refractivity contribution < 1.29 is 9.53 Å². The zero-order valence-corrected chi connectivity index (χ0v) is 10.6. The Hall–Kier alpha value is -0.280. The molecule has 0 aromatic heterocycles. The van der Waals surface area contributed by atoms with Crippen molar-refractivity contribution in [3.63, 3.8) is 0 Å². The molecule has 2 aliphatic heterocycles. The third-order valence-corrected chi connectivity index (χ3v) is 3.95. The molecule has 1 spiro atoms. The summed E-state index contributed by atoms with van der Waals surface area (Å²) in [6, 6.07) is 0. The van der Waals surface area contributed by atoms with E-state index in [0.29, 0.717) is 0 Å². The van der Waals surface area contributed by atoms with E-state index in [4.69, 9.17) is 16.3 Å². The van der Waals surface area contributed by atoms with Gasteiger partial charge in [0, 0.05) is 19.7 Å². The number of hydrogen-bond donors (Lipinski definition) is 0. The molecule has 2 heterocycles. The van der Waals surface area contributed by atoms with Gasteiger partial charge in [-0.25, -0.2) is 0 Å². The third kappa shape index (κ3) is 2.51. The van der Waals surface area contributed by atoms with Gasteiger partial charge in [0.2, 0.25) is 5.91 Å². The first-order chi connectivity index (χ1) is 7.63. The number of amides is 1. The normalized spacial score (nSPS) is 26.8. The number of ether oxygens (including phenoxy) is 1. The van der Waals surface area contributed by atoms with Crippen molar-refractivity contribution in [2.24, 2.45) is 0 Å². The van der Waals surface area contributed by atoms with E-state index in [2.05, 4.69) is 0 Å². The molecule has 0 bridgehead atoms. The van der Waals surface area contributed by atoms with Gasteiger partial charge in [-0.15, -0.1) is 11.6 Å². The maximum Gasteiger partial charge on any atom is 0.240 e. The van der Waals surface area contributed by atoms with E-state index in [0.717, 1.165) is 39.0 Å². The van der Waals surface area contributed by atoms with Crippen LogP contribution in [-0.2, 0) is 9.53 Å². The van der Waals surface area contributed by atoms with Gasteiger partial charge < -0.3 is 9.64 Å². The van der Waals surface area contributed by atoms with Gasteiger partial charge in [0.1, 0.15) is 5.38 Å². The fourth-order valence-corrected chi connectivity index (χ4v) is 2.83. The molecule has 1 unspecified atom stereocenters. The molecule has 1 atom stereocenters. The topological polar surface area (TPSA) is 29.5 Å². The molecule has 2 fully saturated rings. The van der Waals surface area contributed by atoms with E-state index >= 15 is 0 Å². The Balaban J connectivity index is 1.88. The maximum absolute atomic E-state index is 11.7. The standard InChI is InChI=1S/C12H20ClNO2/c1-10(13)11(15)14-7-5-12(6-8-14)4-2-3-9-16-12/h10H,2-9H2,1H3. The minimum atomic E-state index is -0.402. The maximum atomic E-state index is 11.7. The van der Waals surface area contributed by atoms with Crippen molar-refractivity contribution in [2.75, 3.05) is 19.7 Å². The molecule has 1 amide bonds. The van der Waals surface area contributed by atoms with Crippen molar-refractivity contribution in [3.05, 3.63) is 0 Å². The second-order valence-corrected chi connectivity index (χ2v) is 5.58. The van der Waals surface area contributed by atoms with Crippen LogP contribution in [0.5, 0.6) is 0 Å². The Morgan fingerprint density at radius 2 is 2.00 bits per heavy atom. The molecule has 0 aromatic rings. The van der Waals surface area contributed by atoms with Gasteiger partial charge in [-0.2, -0.15) is 0 Å². The Bertz CT molecular complexity index is 252. The average molecular weight is 246 g/mol. The molecule has 2 aliphatic rings. The van der Waals surface area contributed by atoms with Crippen molar-refractivity contribution >= 4 is 17.5 Å². The Kier molecular flexibility index (Phi) is 3.75. The van der Waals surface area contributed by atoms with E-state index in [9.17, 15) is 4.79 Å². The van der Waals surface area contributed by atoms with Crippen molar-refractivity contribution in [1.82, 2.24) is 4.90 Å². The highest BCUT2D eigenvalue weighted by molar-refractivity contribution is 6.30. The quantitative estimate of drug-likeness (QED) is 0.663. The highest BCUT2D eigenvalue weighted by Crippen LogP contribution is 2.34. The summed E-state index contributed by atoms with van der Waals surface area (Å²) in [4.78, 5) is 13.6. The van der Waals surface area contributed by atoms with Gasteiger partial charge in [-0.3, -0.25) is 4.79 Å². The summed E-state index contributed by atoms with van der Waals surface area (Å²) in [5.41, 5.74) is 0.0740. The smallest absolute Gasteiger partial charge is 0.240 e. The molecule has 16 heavy (non-hydrogen) atoms. The summed E-state index contributed by atoms with van der Waals surface area (Å²) < 4.78 is 5.92. The Morgan fingerprint density at radius 1 is 1.31 bits per heavy atom. The summed E-state index contributed by atoms with van der Waals surface area (Å²) in [5.74, 6) is 0.0623. The molecule has 0 aliphatic carbocycles. The molecule has 0 aromatic carbocycles. The van der Waals surface area contributed by atoms with Crippen LogP contribution in [0.25, 0.3) is 0 Å². The van der Waals surface area contributed by atoms with E-state index in [-0.39, 0.29) is 11.5 Å². The van der Waals surface area contributed by atoms with Crippen molar-refractivity contribution in [3.8, 4) is 0 Å². The van der Waals surface area contributed by atoms with E-state index < -0.39 is 5.38 Å². The number of alkyl halides is 1. The molecule has 0 radical (unpaired) electrons. The number of piperidine rings is 1. The number of hydrogen-bond acceptors (Lipinski definition) is 2. The zero-order valence-electron chi connectivity index (χ0n) is 9.88. The number of carbonyl (C=O) groups is 1. The summed E-state index contributed by atoms with van der Waals surface area (Å²) in [5, 5.41) is -0.402. The Labute approximate surface area is 102 Å². The van der Waals surface area contributed by atoms with Crippen molar-refractivity contribution in [1.29, 1.82) is 0 Å². The summed E-state index contributed by atoms with van der Waals surface area (Å²) >= 11 is 5.82. The highest BCUT2D eigenvalue weighted by Gasteiger charge is 2.38. The summed E-state index contributed by atoms with van der Waals surface area (Å²) in [6.07, 6.45) is 5.55. The highest BCUT2D eigenvalue weighted by atomic mass is 35.5. The monoisotopic (exact) mass is 245 g/mol. The molecule has 0 saturated carbocycles. The first kappa shape index (κ1) is 12.2. The van der Waals surface area contributed by atoms with E-state index in [1.807, 2.05) is 4.90 Å². The summed E-state index contributed by atoms with van der Waals surface area (Å²) in [7, 11) is 0. The van der Waals surface area contributed by atoms with Crippen LogP contribution in [-0.4, -0.2) is 41.5 Å². The predicted molar refractivity (Wildman–Crippen MR) is 63.7 cm³/mol. The third-order valence-electron chi connectivity index (χ3n) is 3.76. The largest absolute Gasteiger partial charge is 0.375 e. The van der Waals surface area contributed by atoms with Crippen LogP contribution < -0.4 is 0 Å². The first-order valence-corrected chi connectivity index (χ1v) is 6.63. The molecule has 2 rings (SSSR count). The molecular formula is C12H20ClNO2. The molecular weight excluding hydrogens is 226 g/mol. The number of halogens is 1. The van der Waals surface area contributed by atoms with Crippen molar-refractivity contribution in [2.45, 2.75) is 50.0 Å². The van der Waals surface area contributed by atoms with Gasteiger partial charge in [0.15, 0.2) is 0 Å². The van der Waals surface area contributed by atoms with E-state index in [1.54, 1.807) is 6.92 Å². The van der Waals surface area contributed by atoms with Gasteiger partial charge >= 0.3 is 0 Å². The minimum Gasteiger partial charge on any atom is -0.375 e. The van der Waals surface area contributed by atoms with Gasteiger partial charge in [0.05, 0.1) is 5.60 Å². The van der Waals surface area contributed by atoms with Crippen LogP contribution in [0.2, 0.25) is 0 Å². The molecule has 2 saturated heterocycles. The SMILES string of the molecule is CC(Cl)C(=O)N1CCC2(CCCCO2)CC1. The average Bonchev–Trinajstić information content (AvgIpc) is 2.30. The van der Waals surface area contributed by atoms with Crippen LogP contribution >= 0.6 is 11.6 Å². The lowest BCUT2D eigenvalue weighted by Crippen LogP contribution is -2.50. The lowest BCUT2D eigenvalue weighted by Gasteiger charge is -2.44. The molecule has 3 nitrogen and oxygen atoms in total. The number of rotatable bonds is 1. The number of carbonyl (C=O) groups excluding carboxylic acids is 1. The van der Waals surface area contributed by atoms with Crippen LogP contribution in [0.3, 0.4) is 0 Å². The zero-order chi connectivity index (χ0) is 11.6. The first-order valence-electron chi connectivity index (χ1n) is 6.20. The van der Waals surface area contributed by atoms with Crippen LogP contribution in [0.1, 0.15) is 39.0 Å². The predicted octanol–water partition coefficient (Wildman–Crippen LogP) is 2.18. The fraction of sp³-hybridized carbons (Fsp3) is 0.917. The van der Waals surface area contributed by atoms with Crippen LogP contribution in [0.4, 0.5) is 0 Å². The lowest BCUT2D eigenvalue weighted by atomic mass is 9.84. The number of nitrogens with zero attached hydrogens (tertiary/aromatic N) is 1. The van der Waals surface area contributed by atoms with Gasteiger partial charge in [0.25, 0.3) is 0 Å². The second-order valence-electron chi connectivity index (χ2n) is 4.93. The minimum absolute atomic E-state index is 0.0623. The molecule has 4 heteroatoms. The summed E-state index contributed by atoms with van der Waals surface area (Å²) in [6.45, 7) is 4.23. The van der Waals surface area contributed by atoms with Gasteiger partial charge in [-0.1, -0.05) is 0 Å². The fourth-order valence-electron chi connectivity index (χ4n) is 2.69. The lowest BCUT2D eigenvalue weighted by molar-refractivity contribution is -0.142. The Morgan fingerprint density at radius 3 is 2.50 bits per heavy atom. The van der Waals surface area contributed by atoms with Crippen LogP contribution in [0, 0.1) is 0 Å². The van der Waals surface area contributed by atoms with E-state index in [1.165, 1.54) is 12.8 Å². The number of likely N-dealkylation sites (tertiary alicyclic amines) is 1. The molecule has 0 N–H and O–H groups in total. The van der Waals surface area contributed by atoms with Crippen LogP contribution in [0.15, 0.2) is 0 Å².